The van der Waals surface area contributed by atoms with Gasteiger partial charge in [0.05, 0.1) is 17.3 Å². The summed E-state index contributed by atoms with van der Waals surface area (Å²) in [6.45, 7) is 7.46. The van der Waals surface area contributed by atoms with Crippen molar-refractivity contribution in [1.29, 1.82) is 0 Å². The number of carbonyl (C=O) groups excluding carboxylic acids is 1. The van der Waals surface area contributed by atoms with Crippen molar-refractivity contribution < 1.29 is 4.79 Å². The first-order valence-electron chi connectivity index (χ1n) is 6.82. The van der Waals surface area contributed by atoms with Crippen LogP contribution >= 0.6 is 22.7 Å². The van der Waals surface area contributed by atoms with Gasteiger partial charge in [-0.3, -0.25) is 4.79 Å². The van der Waals surface area contributed by atoms with Crippen molar-refractivity contribution >= 4 is 28.6 Å². The highest BCUT2D eigenvalue weighted by atomic mass is 32.1. The van der Waals surface area contributed by atoms with Gasteiger partial charge in [0.1, 0.15) is 5.01 Å². The Morgan fingerprint density at radius 3 is 2.67 bits per heavy atom. The number of hydrogen-bond acceptors (Lipinski definition) is 5. The van der Waals surface area contributed by atoms with Crippen molar-refractivity contribution in [1.82, 2.24) is 10.3 Å². The monoisotopic (exact) mass is 323 g/mol. The van der Waals surface area contributed by atoms with Crippen LogP contribution < -0.4 is 11.1 Å². The van der Waals surface area contributed by atoms with Gasteiger partial charge in [-0.15, -0.1) is 11.3 Å². The van der Waals surface area contributed by atoms with Gasteiger partial charge in [0.15, 0.2) is 0 Å². The van der Waals surface area contributed by atoms with Crippen molar-refractivity contribution in [2.24, 2.45) is 5.73 Å². The SMILES string of the molecule is Cc1nc([C@@H](Cc2ccsc2)NC(=O)C(C)(C)N)sc1C. The molecule has 0 bridgehead atoms. The van der Waals surface area contributed by atoms with Crippen LogP contribution in [0.25, 0.3) is 0 Å². The Balaban J connectivity index is 2.23. The molecule has 3 N–H and O–H groups in total. The fourth-order valence-electron chi connectivity index (χ4n) is 1.84. The van der Waals surface area contributed by atoms with Crippen molar-refractivity contribution in [2.75, 3.05) is 0 Å². The molecule has 1 amide bonds. The van der Waals surface area contributed by atoms with Gasteiger partial charge in [-0.05, 0) is 50.1 Å². The Bertz CT molecular complexity index is 592. The molecule has 4 nitrogen and oxygen atoms in total. The molecular weight excluding hydrogens is 302 g/mol. The van der Waals surface area contributed by atoms with Gasteiger partial charge < -0.3 is 11.1 Å². The maximum Gasteiger partial charge on any atom is 0.240 e. The van der Waals surface area contributed by atoms with E-state index in [1.54, 1.807) is 36.5 Å². The van der Waals surface area contributed by atoms with Crippen LogP contribution in [0.4, 0.5) is 0 Å². The van der Waals surface area contributed by atoms with Gasteiger partial charge in [-0.2, -0.15) is 11.3 Å². The molecule has 2 heterocycles. The summed E-state index contributed by atoms with van der Waals surface area (Å²) < 4.78 is 0. The van der Waals surface area contributed by atoms with E-state index >= 15 is 0 Å². The number of nitrogens with one attached hydrogen (secondary N) is 1. The van der Waals surface area contributed by atoms with Crippen LogP contribution in [0.2, 0.25) is 0 Å². The van der Waals surface area contributed by atoms with Crippen LogP contribution in [0.1, 0.15) is 41.0 Å². The predicted octanol–water partition coefficient (Wildman–Crippen LogP) is 2.96. The van der Waals surface area contributed by atoms with Crippen LogP contribution in [-0.4, -0.2) is 16.4 Å². The molecule has 0 saturated heterocycles. The second-order valence-electron chi connectivity index (χ2n) is 5.78. The highest BCUT2D eigenvalue weighted by Gasteiger charge is 2.27. The molecule has 0 unspecified atom stereocenters. The minimum Gasteiger partial charge on any atom is -0.345 e. The summed E-state index contributed by atoms with van der Waals surface area (Å²) >= 11 is 3.29. The van der Waals surface area contributed by atoms with E-state index in [0.717, 1.165) is 17.1 Å². The molecule has 2 aromatic rings. The number of hydrogen-bond donors (Lipinski definition) is 2. The molecule has 2 rings (SSSR count). The lowest BCUT2D eigenvalue weighted by atomic mass is 10.0. The molecule has 0 aliphatic carbocycles. The lowest BCUT2D eigenvalue weighted by Gasteiger charge is -2.23. The normalized spacial score (nSPS) is 13.2. The van der Waals surface area contributed by atoms with E-state index in [0.29, 0.717) is 0 Å². The van der Waals surface area contributed by atoms with Gasteiger partial charge in [0.25, 0.3) is 0 Å². The fourth-order valence-corrected chi connectivity index (χ4v) is 3.49. The van der Waals surface area contributed by atoms with E-state index < -0.39 is 5.54 Å². The van der Waals surface area contributed by atoms with Crippen LogP contribution in [0, 0.1) is 13.8 Å². The van der Waals surface area contributed by atoms with Crippen LogP contribution in [0.5, 0.6) is 0 Å². The maximum atomic E-state index is 12.2. The van der Waals surface area contributed by atoms with Crippen molar-refractivity contribution in [3.05, 3.63) is 38.0 Å². The highest BCUT2D eigenvalue weighted by molar-refractivity contribution is 7.11. The average molecular weight is 323 g/mol. The third kappa shape index (κ3) is 4.12. The fraction of sp³-hybridized carbons (Fsp3) is 0.467. The molecule has 6 heteroatoms. The van der Waals surface area contributed by atoms with E-state index in [2.05, 4.69) is 21.7 Å². The van der Waals surface area contributed by atoms with Gasteiger partial charge >= 0.3 is 0 Å². The number of aromatic nitrogens is 1. The Kier molecular flexibility index (Phi) is 4.81. The van der Waals surface area contributed by atoms with Crippen molar-refractivity contribution in [3.63, 3.8) is 0 Å². The topological polar surface area (TPSA) is 68.0 Å². The number of thiazole rings is 1. The molecule has 0 aliphatic rings. The summed E-state index contributed by atoms with van der Waals surface area (Å²) in [4.78, 5) is 18.0. The summed E-state index contributed by atoms with van der Waals surface area (Å²) in [6.07, 6.45) is 0.734. The smallest absolute Gasteiger partial charge is 0.240 e. The molecule has 2 aromatic heterocycles. The van der Waals surface area contributed by atoms with E-state index in [-0.39, 0.29) is 11.9 Å². The summed E-state index contributed by atoms with van der Waals surface area (Å²) in [6, 6.07) is 1.94. The molecule has 0 fully saturated rings. The molecule has 0 spiro atoms. The lowest BCUT2D eigenvalue weighted by Crippen LogP contribution is -2.50. The largest absolute Gasteiger partial charge is 0.345 e. The Labute approximate surface area is 133 Å². The molecule has 114 valence electrons. The van der Waals surface area contributed by atoms with E-state index in [4.69, 9.17) is 5.73 Å². The number of nitrogens with zero attached hydrogens (tertiary/aromatic N) is 1. The van der Waals surface area contributed by atoms with Gasteiger partial charge in [0, 0.05) is 11.3 Å². The number of carbonyl (C=O) groups is 1. The van der Waals surface area contributed by atoms with Crippen LogP contribution in [-0.2, 0) is 11.2 Å². The summed E-state index contributed by atoms with van der Waals surface area (Å²) in [7, 11) is 0. The molecule has 0 radical (unpaired) electrons. The van der Waals surface area contributed by atoms with E-state index in [1.165, 1.54) is 10.4 Å². The number of nitrogens with two attached hydrogens (primary N) is 1. The summed E-state index contributed by atoms with van der Waals surface area (Å²) in [5, 5.41) is 8.12. The zero-order chi connectivity index (χ0) is 15.6. The summed E-state index contributed by atoms with van der Waals surface area (Å²) in [5.41, 5.74) is 7.21. The van der Waals surface area contributed by atoms with Gasteiger partial charge in [-0.1, -0.05) is 0 Å². The minimum absolute atomic E-state index is 0.132. The van der Waals surface area contributed by atoms with Crippen LogP contribution in [0.15, 0.2) is 16.8 Å². The molecule has 0 saturated carbocycles. The number of thiophene rings is 1. The lowest BCUT2D eigenvalue weighted by molar-refractivity contribution is -0.126. The summed E-state index contributed by atoms with van der Waals surface area (Å²) in [5.74, 6) is -0.159. The Morgan fingerprint density at radius 2 is 2.19 bits per heavy atom. The zero-order valence-electron chi connectivity index (χ0n) is 12.8. The number of amides is 1. The molecule has 1 atom stereocenters. The van der Waals surface area contributed by atoms with Crippen molar-refractivity contribution in [2.45, 2.75) is 45.7 Å². The second kappa shape index (κ2) is 6.25. The average Bonchev–Trinajstić information content (AvgIpc) is 2.98. The predicted molar refractivity (Wildman–Crippen MR) is 88.8 cm³/mol. The Morgan fingerprint density at radius 1 is 1.48 bits per heavy atom. The molecule has 0 aromatic carbocycles. The third-order valence-corrected chi connectivity index (χ3v) is 5.17. The van der Waals surface area contributed by atoms with E-state index in [9.17, 15) is 4.79 Å². The third-order valence-electron chi connectivity index (χ3n) is 3.25. The van der Waals surface area contributed by atoms with Gasteiger partial charge in [-0.25, -0.2) is 4.98 Å². The second-order valence-corrected chi connectivity index (χ2v) is 7.79. The standard InChI is InChI=1S/C15H21N3OS2/c1-9-10(2)21-13(17-9)12(7-11-5-6-20-8-11)18-14(19)15(3,4)16/h5-6,8,12H,7,16H2,1-4H3,(H,18,19)/t12-/m1/s1. The first-order chi connectivity index (χ1) is 9.77. The maximum absolute atomic E-state index is 12.2. The zero-order valence-corrected chi connectivity index (χ0v) is 14.4. The van der Waals surface area contributed by atoms with Crippen molar-refractivity contribution in [3.8, 4) is 0 Å². The van der Waals surface area contributed by atoms with E-state index in [1.807, 2.05) is 19.2 Å². The first kappa shape index (κ1) is 16.1. The Hall–Kier alpha value is -1.24. The number of aryl methyl sites for hydroxylation is 2. The molecule has 0 aliphatic heterocycles. The first-order valence-corrected chi connectivity index (χ1v) is 8.58. The van der Waals surface area contributed by atoms with Crippen LogP contribution in [0.3, 0.4) is 0 Å². The number of rotatable bonds is 5. The highest BCUT2D eigenvalue weighted by Crippen LogP contribution is 2.26. The minimum atomic E-state index is -0.895. The quantitative estimate of drug-likeness (QED) is 0.889. The van der Waals surface area contributed by atoms with Gasteiger partial charge in [0.2, 0.25) is 5.91 Å². The molecular formula is C15H21N3OS2. The molecule has 21 heavy (non-hydrogen) atoms.